The van der Waals surface area contributed by atoms with E-state index < -0.39 is 12.6 Å². The standard InChI is InChI=1S/C12H10N2O4/c15-12(16)8-17-14-7-10-3-4-11(18-10)9-2-1-5-13-6-9/h1-7H,8H2,(H,15,16). The van der Waals surface area contributed by atoms with E-state index in [1.54, 1.807) is 24.5 Å². The van der Waals surface area contributed by atoms with Crippen molar-refractivity contribution in [2.45, 2.75) is 0 Å². The second kappa shape index (κ2) is 5.62. The van der Waals surface area contributed by atoms with E-state index >= 15 is 0 Å². The van der Waals surface area contributed by atoms with Crippen LogP contribution in [-0.4, -0.2) is 28.9 Å². The van der Waals surface area contributed by atoms with Crippen molar-refractivity contribution in [3.05, 3.63) is 42.4 Å². The number of pyridine rings is 1. The highest BCUT2D eigenvalue weighted by Gasteiger charge is 2.03. The summed E-state index contributed by atoms with van der Waals surface area (Å²) in [6.45, 7) is -0.479. The van der Waals surface area contributed by atoms with E-state index in [9.17, 15) is 4.79 Å². The Hall–Kier alpha value is -2.63. The van der Waals surface area contributed by atoms with Crippen LogP contribution in [0.25, 0.3) is 11.3 Å². The van der Waals surface area contributed by atoms with Crippen LogP contribution in [0.5, 0.6) is 0 Å². The summed E-state index contributed by atoms with van der Waals surface area (Å²) in [5.74, 6) is 0.0460. The lowest BCUT2D eigenvalue weighted by Crippen LogP contribution is -2.03. The molecular weight excluding hydrogens is 236 g/mol. The van der Waals surface area contributed by atoms with Crippen molar-refractivity contribution >= 4 is 12.2 Å². The maximum atomic E-state index is 10.2. The molecule has 0 aromatic carbocycles. The van der Waals surface area contributed by atoms with Crippen molar-refractivity contribution in [1.29, 1.82) is 0 Å². The van der Waals surface area contributed by atoms with E-state index in [1.165, 1.54) is 6.21 Å². The Balaban J connectivity index is 2.00. The van der Waals surface area contributed by atoms with Crippen LogP contribution in [0, 0.1) is 0 Å². The first-order chi connectivity index (χ1) is 8.75. The van der Waals surface area contributed by atoms with Gasteiger partial charge in [0.25, 0.3) is 0 Å². The van der Waals surface area contributed by atoms with Crippen LogP contribution in [0.2, 0.25) is 0 Å². The third-order valence-electron chi connectivity index (χ3n) is 2.02. The fourth-order valence-electron chi connectivity index (χ4n) is 1.27. The van der Waals surface area contributed by atoms with Gasteiger partial charge in [-0.15, -0.1) is 0 Å². The number of aromatic nitrogens is 1. The predicted molar refractivity (Wildman–Crippen MR) is 63.1 cm³/mol. The maximum Gasteiger partial charge on any atom is 0.344 e. The molecule has 1 N–H and O–H groups in total. The number of hydrogen-bond donors (Lipinski definition) is 1. The molecule has 0 spiro atoms. The molecule has 0 aliphatic carbocycles. The molecule has 0 amide bonds. The second-order valence-electron chi connectivity index (χ2n) is 3.35. The Morgan fingerprint density at radius 3 is 3.11 bits per heavy atom. The molecule has 0 aliphatic heterocycles. The lowest BCUT2D eigenvalue weighted by molar-refractivity contribution is -0.142. The summed E-state index contributed by atoms with van der Waals surface area (Å²) in [7, 11) is 0. The van der Waals surface area contributed by atoms with E-state index in [0.717, 1.165) is 5.56 Å². The fraction of sp³-hybridized carbons (Fsp3) is 0.0833. The monoisotopic (exact) mass is 246 g/mol. The lowest BCUT2D eigenvalue weighted by Gasteiger charge is -1.94. The van der Waals surface area contributed by atoms with Crippen LogP contribution in [-0.2, 0) is 9.63 Å². The first-order valence-electron chi connectivity index (χ1n) is 5.13. The van der Waals surface area contributed by atoms with Gasteiger partial charge in [0.1, 0.15) is 17.7 Å². The largest absolute Gasteiger partial charge is 0.479 e. The fourth-order valence-corrected chi connectivity index (χ4v) is 1.27. The van der Waals surface area contributed by atoms with Gasteiger partial charge in [-0.2, -0.15) is 0 Å². The van der Waals surface area contributed by atoms with Crippen molar-refractivity contribution in [2.75, 3.05) is 6.61 Å². The smallest absolute Gasteiger partial charge is 0.344 e. The first-order valence-corrected chi connectivity index (χ1v) is 5.13. The molecule has 2 aromatic rings. The van der Waals surface area contributed by atoms with Crippen molar-refractivity contribution < 1.29 is 19.2 Å². The Morgan fingerprint density at radius 2 is 2.39 bits per heavy atom. The van der Waals surface area contributed by atoms with Crippen LogP contribution in [0.15, 0.2) is 46.2 Å². The number of rotatable bonds is 5. The van der Waals surface area contributed by atoms with Crippen LogP contribution >= 0.6 is 0 Å². The summed E-state index contributed by atoms with van der Waals surface area (Å²) in [4.78, 5) is 18.7. The molecule has 2 aromatic heterocycles. The average molecular weight is 246 g/mol. The number of carboxylic acid groups (broad SMARTS) is 1. The number of oxime groups is 1. The Kier molecular flexibility index (Phi) is 3.70. The number of aliphatic carboxylic acids is 1. The van der Waals surface area contributed by atoms with Gasteiger partial charge in [0.15, 0.2) is 0 Å². The van der Waals surface area contributed by atoms with Gasteiger partial charge in [-0.05, 0) is 24.3 Å². The highest BCUT2D eigenvalue weighted by Crippen LogP contribution is 2.19. The number of hydrogen-bond acceptors (Lipinski definition) is 5. The topological polar surface area (TPSA) is 84.9 Å². The molecule has 92 valence electrons. The summed E-state index contributed by atoms with van der Waals surface area (Å²) < 4.78 is 5.46. The summed E-state index contributed by atoms with van der Waals surface area (Å²) in [6.07, 6.45) is 4.66. The summed E-state index contributed by atoms with van der Waals surface area (Å²) >= 11 is 0. The molecule has 18 heavy (non-hydrogen) atoms. The zero-order valence-electron chi connectivity index (χ0n) is 9.31. The quantitative estimate of drug-likeness (QED) is 0.642. The predicted octanol–water partition coefficient (Wildman–Crippen LogP) is 1.78. The minimum atomic E-state index is -1.08. The molecule has 0 atom stereocenters. The molecule has 0 radical (unpaired) electrons. The minimum Gasteiger partial charge on any atom is -0.479 e. The normalized spacial score (nSPS) is 10.7. The van der Waals surface area contributed by atoms with Gasteiger partial charge in [-0.3, -0.25) is 4.98 Å². The first kappa shape index (κ1) is 11.8. The lowest BCUT2D eigenvalue weighted by atomic mass is 10.2. The highest BCUT2D eigenvalue weighted by atomic mass is 16.6. The molecule has 0 aliphatic rings. The zero-order valence-corrected chi connectivity index (χ0v) is 9.31. The maximum absolute atomic E-state index is 10.2. The Morgan fingerprint density at radius 1 is 1.50 bits per heavy atom. The summed E-state index contributed by atoms with van der Waals surface area (Å²) in [6, 6.07) is 7.15. The number of carbonyl (C=O) groups is 1. The molecule has 0 saturated heterocycles. The Labute approximate surface area is 103 Å². The van der Waals surface area contributed by atoms with Gasteiger partial charge in [0.05, 0.1) is 0 Å². The van der Waals surface area contributed by atoms with Crippen LogP contribution in [0.1, 0.15) is 5.76 Å². The third-order valence-corrected chi connectivity index (χ3v) is 2.02. The van der Waals surface area contributed by atoms with Gasteiger partial charge in [-0.25, -0.2) is 4.79 Å². The third kappa shape index (κ3) is 3.18. The van der Waals surface area contributed by atoms with E-state index in [0.29, 0.717) is 11.5 Å². The average Bonchev–Trinajstić information content (AvgIpc) is 2.84. The van der Waals surface area contributed by atoms with Crippen molar-refractivity contribution in [1.82, 2.24) is 4.98 Å². The Bertz CT molecular complexity index is 548. The molecule has 6 nitrogen and oxygen atoms in total. The van der Waals surface area contributed by atoms with E-state index in [1.807, 2.05) is 12.1 Å². The molecule has 2 heterocycles. The SMILES string of the molecule is O=C(O)CON=Cc1ccc(-c2cccnc2)o1. The van der Waals surface area contributed by atoms with Gasteiger partial charge in [0, 0.05) is 18.0 Å². The van der Waals surface area contributed by atoms with Gasteiger partial charge >= 0.3 is 5.97 Å². The minimum absolute atomic E-state index is 0.472. The van der Waals surface area contributed by atoms with Crippen molar-refractivity contribution in [2.24, 2.45) is 5.16 Å². The molecule has 0 unspecified atom stereocenters. The van der Waals surface area contributed by atoms with Gasteiger partial charge < -0.3 is 14.4 Å². The molecule has 6 heteroatoms. The van der Waals surface area contributed by atoms with Crippen LogP contribution < -0.4 is 0 Å². The van der Waals surface area contributed by atoms with E-state index in [4.69, 9.17) is 9.52 Å². The summed E-state index contributed by atoms with van der Waals surface area (Å²) in [5.41, 5.74) is 0.851. The number of furan rings is 1. The highest BCUT2D eigenvalue weighted by molar-refractivity contribution is 5.77. The molecule has 0 bridgehead atoms. The molecule has 0 fully saturated rings. The second-order valence-corrected chi connectivity index (χ2v) is 3.35. The molecule has 0 saturated carbocycles. The van der Waals surface area contributed by atoms with Gasteiger partial charge in [0.2, 0.25) is 6.61 Å². The molecule has 2 rings (SSSR count). The summed E-state index contributed by atoms with van der Waals surface area (Å²) in [5, 5.41) is 11.8. The van der Waals surface area contributed by atoms with E-state index in [2.05, 4.69) is 15.0 Å². The van der Waals surface area contributed by atoms with Crippen LogP contribution in [0.3, 0.4) is 0 Å². The number of carboxylic acids is 1. The van der Waals surface area contributed by atoms with Crippen LogP contribution in [0.4, 0.5) is 0 Å². The molecular formula is C12H10N2O4. The van der Waals surface area contributed by atoms with Crippen molar-refractivity contribution in [3.63, 3.8) is 0 Å². The van der Waals surface area contributed by atoms with Crippen molar-refractivity contribution in [3.8, 4) is 11.3 Å². The zero-order chi connectivity index (χ0) is 12.8. The van der Waals surface area contributed by atoms with E-state index in [-0.39, 0.29) is 0 Å². The van der Waals surface area contributed by atoms with Gasteiger partial charge in [-0.1, -0.05) is 5.16 Å². The number of nitrogens with zero attached hydrogens (tertiary/aromatic N) is 2.